The van der Waals surface area contributed by atoms with Crippen molar-refractivity contribution in [3.63, 3.8) is 0 Å². The van der Waals surface area contributed by atoms with Gasteiger partial charge in [0, 0.05) is 12.7 Å². The Morgan fingerprint density at radius 3 is 2.50 bits per heavy atom. The number of benzene rings is 2. The number of ether oxygens (including phenoxy) is 1. The van der Waals surface area contributed by atoms with E-state index >= 15 is 0 Å². The first-order chi connectivity index (χ1) is 12.6. The van der Waals surface area contributed by atoms with Crippen LogP contribution in [0.25, 0.3) is 0 Å². The van der Waals surface area contributed by atoms with Crippen molar-refractivity contribution in [3.05, 3.63) is 59.7 Å². The van der Waals surface area contributed by atoms with Crippen LogP contribution in [-0.2, 0) is 5.66 Å². The highest BCUT2D eigenvalue weighted by Crippen LogP contribution is 2.37. The normalized spacial score (nSPS) is 19.0. The average Bonchev–Trinajstić information content (AvgIpc) is 2.66. The molecule has 0 radical (unpaired) electrons. The second-order valence-corrected chi connectivity index (χ2v) is 7.04. The Morgan fingerprint density at radius 1 is 1.04 bits per heavy atom. The van der Waals surface area contributed by atoms with Crippen LogP contribution in [0.15, 0.2) is 48.5 Å². The highest BCUT2D eigenvalue weighted by Gasteiger charge is 2.40. The third kappa shape index (κ3) is 3.55. The summed E-state index contributed by atoms with van der Waals surface area (Å²) in [5, 5.41) is 3.52. The lowest BCUT2D eigenvalue weighted by Crippen LogP contribution is -2.53. The molecule has 4 heteroatoms. The summed E-state index contributed by atoms with van der Waals surface area (Å²) in [4.78, 5) is 14.5. The molecule has 0 spiro atoms. The molecule has 0 bridgehead atoms. The molecule has 0 fully saturated rings. The zero-order valence-electron chi connectivity index (χ0n) is 15.9. The number of unbranched alkanes of at least 4 members (excludes halogenated alkanes) is 3. The van der Waals surface area contributed by atoms with Gasteiger partial charge in [-0.3, -0.25) is 4.79 Å². The second-order valence-electron chi connectivity index (χ2n) is 7.04. The van der Waals surface area contributed by atoms with E-state index in [1.807, 2.05) is 62.5 Å². The van der Waals surface area contributed by atoms with Gasteiger partial charge in [-0.1, -0.05) is 50.5 Å². The molecule has 1 amide bonds. The molecule has 1 atom stereocenters. The van der Waals surface area contributed by atoms with Gasteiger partial charge in [-0.05, 0) is 43.2 Å². The summed E-state index contributed by atoms with van der Waals surface area (Å²) in [5.74, 6) is 0.900. The van der Waals surface area contributed by atoms with Crippen LogP contribution in [0.3, 0.4) is 0 Å². The smallest absolute Gasteiger partial charge is 0.257 e. The summed E-state index contributed by atoms with van der Waals surface area (Å²) in [6, 6.07) is 15.7. The molecular formula is C22H28N2O2. The van der Waals surface area contributed by atoms with Crippen molar-refractivity contribution < 1.29 is 9.53 Å². The molecule has 1 aliphatic heterocycles. The second kappa shape index (κ2) is 7.81. The van der Waals surface area contributed by atoms with Gasteiger partial charge in [0.1, 0.15) is 11.4 Å². The maximum absolute atomic E-state index is 12.8. The number of fused-ring (bicyclic) bond motifs is 1. The highest BCUT2D eigenvalue weighted by atomic mass is 16.5. The lowest BCUT2D eigenvalue weighted by atomic mass is 9.94. The summed E-state index contributed by atoms with van der Waals surface area (Å²) in [6.45, 7) is 4.99. The molecular weight excluding hydrogens is 324 g/mol. The van der Waals surface area contributed by atoms with Crippen LogP contribution in [-0.4, -0.2) is 24.5 Å². The van der Waals surface area contributed by atoms with E-state index in [1.54, 1.807) is 4.90 Å². The molecule has 138 valence electrons. The molecule has 1 aliphatic rings. The molecule has 0 aliphatic carbocycles. The van der Waals surface area contributed by atoms with Crippen LogP contribution in [0.2, 0.25) is 0 Å². The summed E-state index contributed by atoms with van der Waals surface area (Å²) >= 11 is 0. The fourth-order valence-electron chi connectivity index (χ4n) is 3.37. The third-order valence-electron chi connectivity index (χ3n) is 5.19. The number of nitrogens with zero attached hydrogens (tertiary/aromatic N) is 1. The van der Waals surface area contributed by atoms with Crippen LogP contribution >= 0.6 is 0 Å². The monoisotopic (exact) mass is 352 g/mol. The molecule has 1 heterocycles. The van der Waals surface area contributed by atoms with E-state index in [0.717, 1.165) is 30.0 Å². The predicted molar refractivity (Wildman–Crippen MR) is 106 cm³/mol. The standard InChI is InChI=1S/C22H28N2O2/c1-4-5-6-9-16-26-18-14-12-17(13-15-18)22(2)23-20-11-8-7-10-19(20)21(25)24(22)3/h7-8,10-15,23H,4-6,9,16H2,1-3H3. The van der Waals surface area contributed by atoms with Gasteiger partial charge in [0.2, 0.25) is 0 Å². The van der Waals surface area contributed by atoms with E-state index in [4.69, 9.17) is 4.74 Å². The molecule has 2 aromatic rings. The van der Waals surface area contributed by atoms with E-state index in [-0.39, 0.29) is 5.91 Å². The Labute approximate surface area is 156 Å². The summed E-state index contributed by atoms with van der Waals surface area (Å²) < 4.78 is 5.83. The van der Waals surface area contributed by atoms with Gasteiger partial charge in [0.15, 0.2) is 0 Å². The number of para-hydroxylation sites is 1. The van der Waals surface area contributed by atoms with Crippen LogP contribution < -0.4 is 10.1 Å². The van der Waals surface area contributed by atoms with Gasteiger partial charge < -0.3 is 15.0 Å². The lowest BCUT2D eigenvalue weighted by Gasteiger charge is -2.44. The lowest BCUT2D eigenvalue weighted by molar-refractivity contribution is 0.0615. The number of amides is 1. The number of hydrogen-bond acceptors (Lipinski definition) is 3. The van der Waals surface area contributed by atoms with Gasteiger partial charge in [-0.15, -0.1) is 0 Å². The largest absolute Gasteiger partial charge is 0.494 e. The molecule has 2 aromatic carbocycles. The van der Waals surface area contributed by atoms with Crippen molar-refractivity contribution in [2.45, 2.75) is 45.2 Å². The van der Waals surface area contributed by atoms with Crippen LogP contribution in [0.4, 0.5) is 5.69 Å². The molecule has 3 rings (SSSR count). The first-order valence-corrected chi connectivity index (χ1v) is 9.45. The zero-order valence-corrected chi connectivity index (χ0v) is 15.9. The van der Waals surface area contributed by atoms with Gasteiger partial charge in [0.05, 0.1) is 12.2 Å². The van der Waals surface area contributed by atoms with Crippen molar-refractivity contribution in [2.75, 3.05) is 19.0 Å². The molecule has 1 N–H and O–H groups in total. The number of carbonyl (C=O) groups excluding carboxylic acids is 1. The number of anilines is 1. The minimum absolute atomic E-state index is 0.0260. The minimum Gasteiger partial charge on any atom is -0.494 e. The Hall–Kier alpha value is -2.49. The molecule has 0 aromatic heterocycles. The van der Waals surface area contributed by atoms with Gasteiger partial charge in [-0.25, -0.2) is 0 Å². The van der Waals surface area contributed by atoms with E-state index in [2.05, 4.69) is 12.2 Å². The summed E-state index contributed by atoms with van der Waals surface area (Å²) in [7, 11) is 1.84. The number of hydrogen-bond donors (Lipinski definition) is 1. The van der Waals surface area contributed by atoms with Crippen molar-refractivity contribution in [2.24, 2.45) is 0 Å². The maximum Gasteiger partial charge on any atom is 0.257 e. The van der Waals surface area contributed by atoms with E-state index in [9.17, 15) is 4.79 Å². The summed E-state index contributed by atoms with van der Waals surface area (Å²) in [5.41, 5.74) is 2.01. The maximum atomic E-state index is 12.8. The first kappa shape index (κ1) is 18.3. The Bertz CT molecular complexity index is 757. The van der Waals surface area contributed by atoms with Crippen molar-refractivity contribution >= 4 is 11.6 Å². The van der Waals surface area contributed by atoms with Gasteiger partial charge in [0.25, 0.3) is 5.91 Å². The average molecular weight is 352 g/mol. The quantitative estimate of drug-likeness (QED) is 0.712. The Balaban J connectivity index is 1.73. The fourth-order valence-corrected chi connectivity index (χ4v) is 3.37. The topological polar surface area (TPSA) is 41.6 Å². The fraction of sp³-hybridized carbons (Fsp3) is 0.409. The van der Waals surface area contributed by atoms with Crippen molar-refractivity contribution in [1.82, 2.24) is 4.90 Å². The van der Waals surface area contributed by atoms with E-state index < -0.39 is 5.66 Å². The SMILES string of the molecule is CCCCCCOc1ccc(C2(C)Nc3ccccc3C(=O)N2C)cc1. The van der Waals surface area contributed by atoms with Crippen molar-refractivity contribution in [3.8, 4) is 5.75 Å². The highest BCUT2D eigenvalue weighted by molar-refractivity contribution is 6.02. The van der Waals surface area contributed by atoms with Crippen LogP contribution in [0.1, 0.15) is 55.5 Å². The third-order valence-corrected chi connectivity index (χ3v) is 5.19. The number of rotatable bonds is 7. The number of nitrogens with one attached hydrogen (secondary N) is 1. The van der Waals surface area contributed by atoms with Gasteiger partial charge >= 0.3 is 0 Å². The minimum atomic E-state index is -0.592. The van der Waals surface area contributed by atoms with Crippen LogP contribution in [0, 0.1) is 0 Å². The molecule has 0 saturated carbocycles. The molecule has 0 saturated heterocycles. The number of carbonyl (C=O) groups is 1. The Morgan fingerprint density at radius 2 is 1.77 bits per heavy atom. The summed E-state index contributed by atoms with van der Waals surface area (Å²) in [6.07, 6.45) is 4.79. The first-order valence-electron chi connectivity index (χ1n) is 9.45. The zero-order chi connectivity index (χ0) is 18.6. The molecule has 4 nitrogen and oxygen atoms in total. The van der Waals surface area contributed by atoms with Gasteiger partial charge in [-0.2, -0.15) is 0 Å². The predicted octanol–water partition coefficient (Wildman–Crippen LogP) is 5.02. The molecule has 26 heavy (non-hydrogen) atoms. The van der Waals surface area contributed by atoms with E-state index in [1.165, 1.54) is 19.3 Å². The van der Waals surface area contributed by atoms with Crippen LogP contribution in [0.5, 0.6) is 5.75 Å². The van der Waals surface area contributed by atoms with E-state index in [0.29, 0.717) is 5.56 Å². The molecule has 1 unspecified atom stereocenters. The Kier molecular flexibility index (Phi) is 5.50. The van der Waals surface area contributed by atoms with Crippen molar-refractivity contribution in [1.29, 1.82) is 0 Å².